The van der Waals surface area contributed by atoms with Crippen LogP contribution < -0.4 is 15.8 Å². The van der Waals surface area contributed by atoms with Crippen molar-refractivity contribution in [1.82, 2.24) is 4.31 Å². The van der Waals surface area contributed by atoms with Gasteiger partial charge in [-0.2, -0.15) is 4.31 Å². The van der Waals surface area contributed by atoms with Crippen molar-refractivity contribution < 1.29 is 30.8 Å². The van der Waals surface area contributed by atoms with Crippen molar-refractivity contribution >= 4 is 70.6 Å². The van der Waals surface area contributed by atoms with Gasteiger partial charge < -0.3 is 10.6 Å². The topological polar surface area (TPSA) is 161 Å². The number of hydrogen-bond acceptors (Lipinski definition) is 7. The number of primary amides is 1. The van der Waals surface area contributed by atoms with E-state index in [1.165, 1.54) is 36.4 Å². The van der Waals surface area contributed by atoms with Crippen molar-refractivity contribution in [3.05, 3.63) is 77.6 Å². The smallest absolute Gasteiger partial charge is 0.253 e. The van der Waals surface area contributed by atoms with E-state index in [4.69, 9.17) is 22.5 Å². The van der Waals surface area contributed by atoms with E-state index in [0.29, 0.717) is 15.1 Å². The molecule has 2 heterocycles. The molecule has 1 unspecified atom stereocenters. The molecule has 0 saturated carbocycles. The van der Waals surface area contributed by atoms with Crippen LogP contribution in [-0.4, -0.2) is 52.1 Å². The number of rotatable bonds is 8. The summed E-state index contributed by atoms with van der Waals surface area (Å²) in [5, 5.41) is 6.33. The van der Waals surface area contributed by atoms with Crippen LogP contribution in [0.1, 0.15) is 6.42 Å². The number of anilines is 1. The SMILES string of the molecule is NC(=O)CN(C1CCN(c2ccc(-c3ccccc3S(N)(=O)=O)cc2F)C1=O)S(=O)(=O)c1cc2ccc(Cl)cc2s1. The van der Waals surface area contributed by atoms with Crippen LogP contribution in [0.15, 0.2) is 75.8 Å². The Hall–Kier alpha value is -3.40. The minimum atomic E-state index is -4.37. The molecule has 1 atom stereocenters. The van der Waals surface area contributed by atoms with E-state index in [9.17, 15) is 26.4 Å². The van der Waals surface area contributed by atoms with Crippen LogP contribution in [-0.2, 0) is 29.6 Å². The second-order valence-corrected chi connectivity index (χ2v) is 14.4. The molecule has 1 fully saturated rings. The number of primary sulfonamides is 1. The molecule has 0 bridgehead atoms. The van der Waals surface area contributed by atoms with Gasteiger partial charge in [-0.05, 0) is 53.8 Å². The molecule has 0 radical (unpaired) electrons. The van der Waals surface area contributed by atoms with E-state index >= 15 is 4.39 Å². The number of benzene rings is 3. The molecule has 10 nitrogen and oxygen atoms in total. The molecule has 1 aliphatic heterocycles. The lowest BCUT2D eigenvalue weighted by molar-refractivity contribution is -0.122. The third-order valence-corrected chi connectivity index (χ3v) is 11.2. The van der Waals surface area contributed by atoms with Crippen LogP contribution in [0.2, 0.25) is 5.02 Å². The largest absolute Gasteiger partial charge is 0.369 e. The van der Waals surface area contributed by atoms with Crippen molar-refractivity contribution in [2.75, 3.05) is 18.0 Å². The Balaban J connectivity index is 1.47. The minimum absolute atomic E-state index is 0.0302. The fourth-order valence-electron chi connectivity index (χ4n) is 4.76. The molecule has 214 valence electrons. The van der Waals surface area contributed by atoms with Gasteiger partial charge in [-0.1, -0.05) is 41.9 Å². The third-order valence-electron chi connectivity index (χ3n) is 6.60. The molecule has 3 aromatic carbocycles. The Morgan fingerprint density at radius 3 is 2.49 bits per heavy atom. The molecule has 5 rings (SSSR count). The summed E-state index contributed by atoms with van der Waals surface area (Å²) in [5.74, 6) is -2.55. The van der Waals surface area contributed by atoms with Gasteiger partial charge in [0.1, 0.15) is 16.1 Å². The highest BCUT2D eigenvalue weighted by molar-refractivity contribution is 7.91. The summed E-state index contributed by atoms with van der Waals surface area (Å²) < 4.78 is 68.0. The number of halogens is 2. The van der Waals surface area contributed by atoms with Gasteiger partial charge in [-0.3, -0.25) is 9.59 Å². The number of hydrogen-bond donors (Lipinski definition) is 2. The first kappa shape index (κ1) is 29.1. The highest BCUT2D eigenvalue weighted by Crippen LogP contribution is 2.36. The number of carbonyl (C=O) groups excluding carboxylic acids is 2. The first-order valence-corrected chi connectivity index (χ1v) is 16.2. The fourth-order valence-corrected chi connectivity index (χ4v) is 8.90. The predicted molar refractivity (Wildman–Crippen MR) is 154 cm³/mol. The number of thiophene rings is 1. The summed E-state index contributed by atoms with van der Waals surface area (Å²) in [6.45, 7) is -0.798. The lowest BCUT2D eigenvalue weighted by Gasteiger charge is -2.26. The van der Waals surface area contributed by atoms with E-state index < -0.39 is 50.3 Å². The van der Waals surface area contributed by atoms with E-state index in [-0.39, 0.29) is 38.9 Å². The second-order valence-electron chi connectivity index (χ2n) is 9.27. The summed E-state index contributed by atoms with van der Waals surface area (Å²) in [4.78, 5) is 26.3. The van der Waals surface area contributed by atoms with Crippen molar-refractivity contribution in [1.29, 1.82) is 0 Å². The predicted octanol–water partition coefficient (Wildman–Crippen LogP) is 3.29. The zero-order chi connectivity index (χ0) is 29.7. The summed E-state index contributed by atoms with van der Waals surface area (Å²) in [5.41, 5.74) is 5.61. The summed E-state index contributed by atoms with van der Waals surface area (Å²) >= 11 is 6.96. The number of nitrogens with two attached hydrogens (primary N) is 2. The highest BCUT2D eigenvalue weighted by atomic mass is 35.5. The van der Waals surface area contributed by atoms with Gasteiger partial charge >= 0.3 is 0 Å². The Morgan fingerprint density at radius 1 is 1.07 bits per heavy atom. The molecule has 4 N–H and O–H groups in total. The van der Waals surface area contributed by atoms with Crippen molar-refractivity contribution in [3.8, 4) is 11.1 Å². The number of carbonyl (C=O) groups is 2. The molecule has 15 heteroatoms. The molecule has 2 amide bonds. The first-order chi connectivity index (χ1) is 19.3. The number of nitrogens with zero attached hydrogens (tertiary/aromatic N) is 2. The maximum Gasteiger partial charge on any atom is 0.253 e. The Labute approximate surface area is 244 Å². The van der Waals surface area contributed by atoms with Crippen molar-refractivity contribution in [3.63, 3.8) is 0 Å². The summed E-state index contributed by atoms with van der Waals surface area (Å²) in [7, 11) is -8.46. The molecular weight excluding hydrogens is 615 g/mol. The third kappa shape index (κ3) is 5.58. The van der Waals surface area contributed by atoms with Gasteiger partial charge in [-0.25, -0.2) is 26.4 Å². The molecule has 0 spiro atoms. The molecule has 1 aliphatic rings. The maximum absolute atomic E-state index is 15.4. The number of sulfonamides is 2. The zero-order valence-electron chi connectivity index (χ0n) is 21.0. The van der Waals surface area contributed by atoms with Crippen molar-refractivity contribution in [2.45, 2.75) is 21.6 Å². The van der Waals surface area contributed by atoms with Crippen LogP contribution >= 0.6 is 22.9 Å². The van der Waals surface area contributed by atoms with Crippen molar-refractivity contribution in [2.24, 2.45) is 10.9 Å². The van der Waals surface area contributed by atoms with Gasteiger partial charge in [0.25, 0.3) is 10.0 Å². The Kier molecular flexibility index (Phi) is 7.65. The van der Waals surface area contributed by atoms with Crippen LogP contribution in [0, 0.1) is 5.82 Å². The van der Waals surface area contributed by atoms with Gasteiger partial charge in [0.15, 0.2) is 0 Å². The fraction of sp³-hybridized carbons (Fsp3) is 0.154. The average molecular weight is 637 g/mol. The number of fused-ring (bicyclic) bond motifs is 1. The Bertz CT molecular complexity index is 1930. The molecular formula is C26H22ClFN4O6S3. The normalized spacial score (nSPS) is 16.1. The first-order valence-electron chi connectivity index (χ1n) is 12.0. The minimum Gasteiger partial charge on any atom is -0.369 e. The average Bonchev–Trinajstić information content (AvgIpc) is 3.50. The van der Waals surface area contributed by atoms with Crippen LogP contribution in [0.25, 0.3) is 21.2 Å². The summed E-state index contributed by atoms with van der Waals surface area (Å²) in [6, 6.07) is 14.6. The highest BCUT2D eigenvalue weighted by Gasteiger charge is 2.44. The molecule has 0 aliphatic carbocycles. The number of amides is 2. The van der Waals surface area contributed by atoms with E-state index in [2.05, 4.69) is 0 Å². The Morgan fingerprint density at radius 2 is 1.80 bits per heavy atom. The van der Waals surface area contributed by atoms with Gasteiger partial charge in [-0.15, -0.1) is 11.3 Å². The van der Waals surface area contributed by atoms with Gasteiger partial charge in [0.2, 0.25) is 21.8 Å². The van der Waals surface area contributed by atoms with Crippen LogP contribution in [0.5, 0.6) is 0 Å². The molecule has 4 aromatic rings. The lowest BCUT2D eigenvalue weighted by atomic mass is 10.0. The second kappa shape index (κ2) is 10.8. The molecule has 1 aromatic heterocycles. The molecule has 41 heavy (non-hydrogen) atoms. The quantitative estimate of drug-likeness (QED) is 0.302. The standard InChI is InChI=1S/C26H22ClFN4O6S3/c27-17-7-5-16-12-25(39-22(16)13-17)41(37,38)32(14-24(29)33)21-9-10-31(26(21)34)20-8-6-15(11-19(20)28)18-3-1-2-4-23(18)40(30,35)36/h1-8,11-13,21H,9-10,14H2,(H2,29,33)(H2,30,35,36). The lowest BCUT2D eigenvalue weighted by Crippen LogP contribution is -2.48. The van der Waals surface area contributed by atoms with Crippen LogP contribution in [0.3, 0.4) is 0 Å². The van der Waals surface area contributed by atoms with E-state index in [0.717, 1.165) is 26.6 Å². The zero-order valence-corrected chi connectivity index (χ0v) is 24.2. The van der Waals surface area contributed by atoms with Crippen LogP contribution in [0.4, 0.5) is 10.1 Å². The molecule has 1 saturated heterocycles. The monoisotopic (exact) mass is 636 g/mol. The summed E-state index contributed by atoms with van der Waals surface area (Å²) in [6.07, 6.45) is -0.0302. The van der Waals surface area contributed by atoms with E-state index in [1.54, 1.807) is 24.3 Å². The maximum atomic E-state index is 15.4. The van der Waals surface area contributed by atoms with Gasteiger partial charge in [0, 0.05) is 21.8 Å². The van der Waals surface area contributed by atoms with E-state index in [1.807, 2.05) is 0 Å². The van der Waals surface area contributed by atoms with Gasteiger partial charge in [0.05, 0.1) is 17.1 Å².